The molecule has 1 fully saturated rings. The van der Waals surface area contributed by atoms with Crippen molar-refractivity contribution >= 4 is 12.0 Å². The van der Waals surface area contributed by atoms with E-state index in [1.807, 2.05) is 48.5 Å². The van der Waals surface area contributed by atoms with Crippen LogP contribution in [0.3, 0.4) is 0 Å². The van der Waals surface area contributed by atoms with E-state index in [4.69, 9.17) is 10.5 Å². The first-order valence-corrected chi connectivity index (χ1v) is 8.06. The van der Waals surface area contributed by atoms with Gasteiger partial charge in [0.2, 0.25) is 5.91 Å². The number of hydrogen-bond donors (Lipinski definition) is 1. The number of benzene rings is 1. The van der Waals surface area contributed by atoms with E-state index in [1.165, 1.54) is 0 Å². The van der Waals surface area contributed by atoms with Crippen molar-refractivity contribution in [2.45, 2.75) is 19.1 Å². The zero-order valence-corrected chi connectivity index (χ0v) is 13.5. The predicted octanol–water partition coefficient (Wildman–Crippen LogP) is 2.23. The van der Waals surface area contributed by atoms with Gasteiger partial charge in [0.25, 0.3) is 0 Å². The maximum absolute atomic E-state index is 12.0. The van der Waals surface area contributed by atoms with Crippen molar-refractivity contribution in [3.05, 3.63) is 66.0 Å². The zero-order valence-electron chi connectivity index (χ0n) is 13.5. The maximum Gasteiger partial charge on any atom is 0.246 e. The smallest absolute Gasteiger partial charge is 0.246 e. The minimum Gasteiger partial charge on any atom is -0.487 e. The number of pyridine rings is 1. The molecule has 5 nitrogen and oxygen atoms in total. The lowest BCUT2D eigenvalue weighted by atomic mass is 10.2. The van der Waals surface area contributed by atoms with Crippen LogP contribution in [0, 0.1) is 0 Å². The van der Waals surface area contributed by atoms with Gasteiger partial charge in [-0.15, -0.1) is 0 Å². The Bertz CT molecular complexity index is 698. The second kappa shape index (κ2) is 7.75. The third-order valence-electron chi connectivity index (χ3n) is 3.95. The molecular weight excluding hydrogens is 302 g/mol. The molecule has 3 rings (SSSR count). The SMILES string of the molecule is NC1CCN(C(=O)C=Cc2ccc(OCc3ccccn3)cc2)C1. The number of rotatable bonds is 5. The molecule has 0 spiro atoms. The molecule has 24 heavy (non-hydrogen) atoms. The Balaban J connectivity index is 1.52. The summed E-state index contributed by atoms with van der Waals surface area (Å²) >= 11 is 0. The Kier molecular flexibility index (Phi) is 5.23. The van der Waals surface area contributed by atoms with Crippen molar-refractivity contribution in [2.75, 3.05) is 13.1 Å². The largest absolute Gasteiger partial charge is 0.487 e. The van der Waals surface area contributed by atoms with Crippen molar-refractivity contribution in [1.82, 2.24) is 9.88 Å². The minimum absolute atomic E-state index is 0.0124. The molecule has 2 aromatic rings. The molecule has 2 heterocycles. The van der Waals surface area contributed by atoms with Crippen LogP contribution in [0.5, 0.6) is 5.75 Å². The van der Waals surface area contributed by atoms with Gasteiger partial charge in [-0.3, -0.25) is 9.78 Å². The van der Waals surface area contributed by atoms with Gasteiger partial charge in [-0.1, -0.05) is 18.2 Å². The van der Waals surface area contributed by atoms with E-state index < -0.39 is 0 Å². The molecule has 0 saturated carbocycles. The highest BCUT2D eigenvalue weighted by Crippen LogP contribution is 2.15. The number of likely N-dealkylation sites (tertiary alicyclic amines) is 1. The van der Waals surface area contributed by atoms with Gasteiger partial charge in [-0.25, -0.2) is 0 Å². The summed E-state index contributed by atoms with van der Waals surface area (Å²) in [7, 11) is 0. The van der Waals surface area contributed by atoms with Gasteiger partial charge in [-0.05, 0) is 42.3 Å². The summed E-state index contributed by atoms with van der Waals surface area (Å²) in [5.41, 5.74) is 7.66. The summed E-state index contributed by atoms with van der Waals surface area (Å²) in [5, 5.41) is 0. The molecular formula is C19H21N3O2. The first-order chi connectivity index (χ1) is 11.7. The summed E-state index contributed by atoms with van der Waals surface area (Å²) in [5.74, 6) is 0.785. The summed E-state index contributed by atoms with van der Waals surface area (Å²) in [6, 6.07) is 13.5. The molecule has 5 heteroatoms. The fourth-order valence-corrected chi connectivity index (χ4v) is 2.58. The lowest BCUT2D eigenvalue weighted by molar-refractivity contribution is -0.124. The van der Waals surface area contributed by atoms with Crippen LogP contribution in [0.2, 0.25) is 0 Å². The van der Waals surface area contributed by atoms with Gasteiger partial charge < -0.3 is 15.4 Å². The minimum atomic E-state index is 0.0124. The van der Waals surface area contributed by atoms with E-state index in [0.717, 1.165) is 30.0 Å². The third kappa shape index (κ3) is 4.43. The van der Waals surface area contributed by atoms with Gasteiger partial charge in [0.05, 0.1) is 5.69 Å². The van der Waals surface area contributed by atoms with E-state index in [0.29, 0.717) is 13.2 Å². The van der Waals surface area contributed by atoms with E-state index in [-0.39, 0.29) is 11.9 Å². The lowest BCUT2D eigenvalue weighted by Gasteiger charge is -2.12. The number of aromatic nitrogens is 1. The molecule has 1 atom stereocenters. The Morgan fingerprint density at radius 3 is 2.79 bits per heavy atom. The fraction of sp³-hybridized carbons (Fsp3) is 0.263. The van der Waals surface area contributed by atoms with Crippen LogP contribution < -0.4 is 10.5 Å². The second-order valence-electron chi connectivity index (χ2n) is 5.85. The van der Waals surface area contributed by atoms with Crippen LogP contribution in [0.4, 0.5) is 0 Å². The van der Waals surface area contributed by atoms with Crippen LogP contribution in [-0.4, -0.2) is 34.9 Å². The average Bonchev–Trinajstić information content (AvgIpc) is 3.06. The molecule has 1 unspecified atom stereocenters. The van der Waals surface area contributed by atoms with Gasteiger partial charge in [0.15, 0.2) is 0 Å². The summed E-state index contributed by atoms with van der Waals surface area (Å²) in [6.45, 7) is 1.82. The van der Waals surface area contributed by atoms with E-state index >= 15 is 0 Å². The normalized spacial score (nSPS) is 17.4. The van der Waals surface area contributed by atoms with Crippen LogP contribution in [0.1, 0.15) is 17.7 Å². The number of carbonyl (C=O) groups is 1. The molecule has 2 N–H and O–H groups in total. The van der Waals surface area contributed by atoms with Gasteiger partial charge in [-0.2, -0.15) is 0 Å². The monoisotopic (exact) mass is 323 g/mol. The Labute approximate surface area is 141 Å². The van der Waals surface area contributed by atoms with Crippen LogP contribution in [0.25, 0.3) is 6.08 Å². The second-order valence-corrected chi connectivity index (χ2v) is 5.85. The summed E-state index contributed by atoms with van der Waals surface area (Å²) in [4.78, 5) is 18.0. The van der Waals surface area contributed by atoms with Crippen LogP contribution in [0.15, 0.2) is 54.7 Å². The molecule has 1 saturated heterocycles. The van der Waals surface area contributed by atoms with Crippen molar-refractivity contribution in [3.63, 3.8) is 0 Å². The topological polar surface area (TPSA) is 68.5 Å². The van der Waals surface area contributed by atoms with E-state index in [2.05, 4.69) is 4.98 Å². The van der Waals surface area contributed by atoms with Crippen LogP contribution >= 0.6 is 0 Å². The number of hydrogen-bond acceptors (Lipinski definition) is 4. The molecule has 0 bridgehead atoms. The molecule has 1 aliphatic heterocycles. The molecule has 0 radical (unpaired) electrons. The number of amides is 1. The third-order valence-corrected chi connectivity index (χ3v) is 3.95. The Hall–Kier alpha value is -2.66. The van der Waals surface area contributed by atoms with E-state index in [1.54, 1.807) is 17.2 Å². The van der Waals surface area contributed by atoms with Crippen molar-refractivity contribution in [1.29, 1.82) is 0 Å². The van der Waals surface area contributed by atoms with Gasteiger partial charge in [0, 0.05) is 31.4 Å². The highest BCUT2D eigenvalue weighted by atomic mass is 16.5. The van der Waals surface area contributed by atoms with Crippen LogP contribution in [-0.2, 0) is 11.4 Å². The fourth-order valence-electron chi connectivity index (χ4n) is 2.58. The summed E-state index contributed by atoms with van der Waals surface area (Å²) < 4.78 is 5.69. The van der Waals surface area contributed by atoms with Gasteiger partial charge >= 0.3 is 0 Å². The molecule has 1 aromatic carbocycles. The van der Waals surface area contributed by atoms with Crippen molar-refractivity contribution in [2.24, 2.45) is 5.73 Å². The lowest BCUT2D eigenvalue weighted by Crippen LogP contribution is -2.30. The standard InChI is InChI=1S/C19H21N3O2/c20-16-10-12-22(13-16)19(23)9-6-15-4-7-18(8-5-15)24-14-17-3-1-2-11-21-17/h1-9,11,16H,10,12-14,20H2. The first-order valence-electron chi connectivity index (χ1n) is 8.06. The number of ether oxygens (including phenoxy) is 1. The predicted molar refractivity (Wildman–Crippen MR) is 93.2 cm³/mol. The average molecular weight is 323 g/mol. The Morgan fingerprint density at radius 1 is 1.29 bits per heavy atom. The first kappa shape index (κ1) is 16.2. The van der Waals surface area contributed by atoms with Crippen molar-refractivity contribution < 1.29 is 9.53 Å². The molecule has 1 amide bonds. The number of nitrogens with zero attached hydrogens (tertiary/aromatic N) is 2. The van der Waals surface area contributed by atoms with E-state index in [9.17, 15) is 4.79 Å². The van der Waals surface area contributed by atoms with Crippen molar-refractivity contribution in [3.8, 4) is 5.75 Å². The quantitative estimate of drug-likeness (QED) is 0.857. The Morgan fingerprint density at radius 2 is 2.12 bits per heavy atom. The highest BCUT2D eigenvalue weighted by molar-refractivity contribution is 5.92. The number of nitrogens with two attached hydrogens (primary N) is 1. The molecule has 0 aliphatic carbocycles. The number of carbonyl (C=O) groups excluding carboxylic acids is 1. The van der Waals surface area contributed by atoms with Gasteiger partial charge in [0.1, 0.15) is 12.4 Å². The molecule has 124 valence electrons. The molecule has 1 aromatic heterocycles. The molecule has 1 aliphatic rings. The zero-order chi connectivity index (χ0) is 16.8. The maximum atomic E-state index is 12.0. The summed E-state index contributed by atoms with van der Waals surface area (Å²) in [6.07, 6.45) is 6.04. The highest BCUT2D eigenvalue weighted by Gasteiger charge is 2.21.